The maximum atomic E-state index is 3.69. The molecule has 0 fully saturated rings. The summed E-state index contributed by atoms with van der Waals surface area (Å²) in [5, 5.41) is 2.80. The molecular weight excluding hydrogens is 276 g/mol. The molecule has 0 radical (unpaired) electrons. The van der Waals surface area contributed by atoms with Crippen LogP contribution in [0.5, 0.6) is 0 Å². The van der Waals surface area contributed by atoms with Crippen LogP contribution in [0, 0.1) is 0 Å². The molecule has 0 heterocycles. The van der Waals surface area contributed by atoms with E-state index in [9.17, 15) is 0 Å². The average molecular weight is 306 g/mol. The second-order valence-electron chi connectivity index (χ2n) is 6.31. The van der Waals surface area contributed by atoms with Gasteiger partial charge < -0.3 is 0 Å². The summed E-state index contributed by atoms with van der Waals surface area (Å²) in [5.74, 6) is 0. The van der Waals surface area contributed by atoms with Gasteiger partial charge in [0.05, 0.1) is 0 Å². The summed E-state index contributed by atoms with van der Waals surface area (Å²) < 4.78 is 0. The number of unbranched alkanes of at least 4 members (excludes halogenated alkanes) is 6. The van der Waals surface area contributed by atoms with Crippen LogP contribution in [0.15, 0.2) is 55.1 Å². The topological polar surface area (TPSA) is 0 Å². The molecular formula is C23H30. The van der Waals surface area contributed by atoms with E-state index in [1.54, 1.807) is 0 Å². The average Bonchev–Trinajstić information content (AvgIpc) is 2.60. The molecule has 0 spiro atoms. The first-order valence-electron chi connectivity index (χ1n) is 9.15. The summed E-state index contributed by atoms with van der Waals surface area (Å²) in [6.45, 7) is 5.95. The number of benzene rings is 2. The quantitative estimate of drug-likeness (QED) is 0.371. The third-order valence-electron chi connectivity index (χ3n) is 4.42. The molecule has 0 atom stereocenters. The Kier molecular flexibility index (Phi) is 7.66. The van der Waals surface area contributed by atoms with Crippen molar-refractivity contribution in [3.8, 4) is 0 Å². The Labute approximate surface area is 141 Å². The lowest BCUT2D eigenvalue weighted by Crippen LogP contribution is -1.91. The molecule has 1 aliphatic carbocycles. The van der Waals surface area contributed by atoms with Crippen LogP contribution in [0.1, 0.15) is 63.0 Å². The highest BCUT2D eigenvalue weighted by molar-refractivity contribution is 5.94. The smallest absolute Gasteiger partial charge is 0.00763 e. The summed E-state index contributed by atoms with van der Waals surface area (Å²) in [6, 6.07) is 13.0. The minimum atomic E-state index is 1.08. The summed E-state index contributed by atoms with van der Waals surface area (Å²) in [4.78, 5) is 0. The fraction of sp³-hybridized carbons (Fsp3) is 0.391. The van der Waals surface area contributed by atoms with Gasteiger partial charge in [-0.2, -0.15) is 0 Å². The van der Waals surface area contributed by atoms with E-state index >= 15 is 0 Å². The molecule has 2 aromatic rings. The van der Waals surface area contributed by atoms with E-state index in [1.807, 2.05) is 6.08 Å². The summed E-state index contributed by atoms with van der Waals surface area (Å²) >= 11 is 0. The molecule has 0 heteroatoms. The monoisotopic (exact) mass is 306 g/mol. The zero-order valence-electron chi connectivity index (χ0n) is 14.6. The zero-order valence-corrected chi connectivity index (χ0v) is 14.6. The third kappa shape index (κ3) is 5.39. The van der Waals surface area contributed by atoms with Gasteiger partial charge in [0.1, 0.15) is 0 Å². The molecule has 0 aliphatic heterocycles. The lowest BCUT2D eigenvalue weighted by molar-refractivity contribution is 0.611. The number of hydrogen-bond donors (Lipinski definition) is 0. The largest absolute Gasteiger partial charge is 0.103 e. The predicted octanol–water partition coefficient (Wildman–Crippen LogP) is 7.33. The molecule has 0 saturated carbocycles. The van der Waals surface area contributed by atoms with Gasteiger partial charge >= 0.3 is 0 Å². The van der Waals surface area contributed by atoms with Gasteiger partial charge in [0, 0.05) is 0 Å². The lowest BCUT2D eigenvalue weighted by Gasteiger charge is -2.11. The Morgan fingerprint density at radius 3 is 2.48 bits per heavy atom. The molecule has 0 nitrogen and oxygen atoms in total. The van der Waals surface area contributed by atoms with Crippen LogP contribution in [-0.2, 0) is 6.42 Å². The van der Waals surface area contributed by atoms with Crippen molar-refractivity contribution in [2.24, 2.45) is 0 Å². The molecule has 0 unspecified atom stereocenters. The van der Waals surface area contributed by atoms with Crippen molar-refractivity contribution in [2.75, 3.05) is 0 Å². The maximum Gasteiger partial charge on any atom is -0.00763 e. The van der Waals surface area contributed by atoms with Crippen LogP contribution >= 0.6 is 0 Å². The van der Waals surface area contributed by atoms with Crippen molar-refractivity contribution in [3.05, 3.63) is 66.3 Å². The summed E-state index contributed by atoms with van der Waals surface area (Å²) in [7, 11) is 0. The first-order valence-corrected chi connectivity index (χ1v) is 9.15. The van der Waals surface area contributed by atoms with E-state index in [0.717, 1.165) is 6.42 Å². The van der Waals surface area contributed by atoms with Crippen LogP contribution in [0.25, 0.3) is 16.8 Å². The fourth-order valence-electron chi connectivity index (χ4n) is 3.14. The van der Waals surface area contributed by atoms with Crippen LogP contribution in [0.3, 0.4) is 0 Å². The highest BCUT2D eigenvalue weighted by Gasteiger charge is 2.06. The molecule has 0 saturated heterocycles. The second-order valence-corrected chi connectivity index (χ2v) is 6.31. The number of rotatable bonds is 7. The Balaban J connectivity index is 0.000000175. The molecule has 122 valence electrons. The van der Waals surface area contributed by atoms with Crippen LogP contribution in [0.4, 0.5) is 0 Å². The SMILES string of the molecule is C1=Cc2cccc3cccc(c23)C1.C=CCCCCCCCC. The molecule has 23 heavy (non-hydrogen) atoms. The Morgan fingerprint density at radius 2 is 1.70 bits per heavy atom. The van der Waals surface area contributed by atoms with E-state index in [4.69, 9.17) is 0 Å². The molecule has 3 rings (SSSR count). The van der Waals surface area contributed by atoms with Gasteiger partial charge in [-0.3, -0.25) is 0 Å². The van der Waals surface area contributed by atoms with Crippen molar-refractivity contribution in [3.63, 3.8) is 0 Å². The van der Waals surface area contributed by atoms with Gasteiger partial charge in [0.15, 0.2) is 0 Å². The van der Waals surface area contributed by atoms with E-state index < -0.39 is 0 Å². The minimum Gasteiger partial charge on any atom is -0.103 e. The van der Waals surface area contributed by atoms with Crippen molar-refractivity contribution < 1.29 is 0 Å². The lowest BCUT2D eigenvalue weighted by atomic mass is 9.93. The highest BCUT2D eigenvalue weighted by Crippen LogP contribution is 2.27. The third-order valence-corrected chi connectivity index (χ3v) is 4.42. The van der Waals surface area contributed by atoms with Crippen LogP contribution in [0.2, 0.25) is 0 Å². The van der Waals surface area contributed by atoms with Gasteiger partial charge in [0.25, 0.3) is 0 Å². The van der Waals surface area contributed by atoms with E-state index in [2.05, 4.69) is 62.1 Å². The van der Waals surface area contributed by atoms with Gasteiger partial charge in [0.2, 0.25) is 0 Å². The number of hydrogen-bond acceptors (Lipinski definition) is 0. The van der Waals surface area contributed by atoms with Gasteiger partial charge in [-0.05, 0) is 41.2 Å². The molecule has 0 aromatic heterocycles. The minimum absolute atomic E-state index is 1.08. The molecule has 0 bridgehead atoms. The zero-order chi connectivity index (χ0) is 16.3. The van der Waals surface area contributed by atoms with Crippen LogP contribution < -0.4 is 0 Å². The first kappa shape index (κ1) is 17.5. The van der Waals surface area contributed by atoms with Crippen molar-refractivity contribution in [1.82, 2.24) is 0 Å². The molecule has 0 N–H and O–H groups in total. The van der Waals surface area contributed by atoms with Crippen molar-refractivity contribution in [2.45, 2.75) is 58.3 Å². The Hall–Kier alpha value is -1.82. The van der Waals surface area contributed by atoms with Crippen molar-refractivity contribution in [1.29, 1.82) is 0 Å². The fourth-order valence-corrected chi connectivity index (χ4v) is 3.14. The van der Waals surface area contributed by atoms with E-state index in [-0.39, 0.29) is 0 Å². The highest BCUT2D eigenvalue weighted by atomic mass is 14.1. The maximum absolute atomic E-state index is 3.69. The Morgan fingerprint density at radius 1 is 0.957 bits per heavy atom. The Bertz CT molecular complexity index is 628. The molecule has 2 aromatic carbocycles. The summed E-state index contributed by atoms with van der Waals surface area (Å²) in [6.07, 6.45) is 17.1. The number of allylic oxidation sites excluding steroid dienone is 2. The molecule has 1 aliphatic rings. The van der Waals surface area contributed by atoms with Crippen LogP contribution in [-0.4, -0.2) is 0 Å². The first-order chi connectivity index (χ1) is 11.4. The van der Waals surface area contributed by atoms with Gasteiger partial charge in [-0.1, -0.05) is 93.7 Å². The van der Waals surface area contributed by atoms with Gasteiger partial charge in [-0.25, -0.2) is 0 Å². The molecule has 0 amide bonds. The van der Waals surface area contributed by atoms with E-state index in [0.29, 0.717) is 0 Å². The van der Waals surface area contributed by atoms with Crippen molar-refractivity contribution >= 4 is 16.8 Å². The standard InChI is InChI=1S/C13H10.C10H20/c1-4-10-6-2-8-12-9-3-7-11(5-1)13(10)12;1-3-5-7-9-10-8-6-4-2/h1-8H,9H2;3H,1,4-10H2,2H3. The van der Waals surface area contributed by atoms with Gasteiger partial charge in [-0.15, -0.1) is 6.58 Å². The predicted molar refractivity (Wildman–Crippen MR) is 105 cm³/mol. The normalized spacial score (nSPS) is 11.9. The van der Waals surface area contributed by atoms with E-state index in [1.165, 1.54) is 66.8 Å². The second kappa shape index (κ2) is 10.0. The summed E-state index contributed by atoms with van der Waals surface area (Å²) in [5.41, 5.74) is 2.81.